The Kier molecular flexibility index (Phi) is 13.3. The maximum Gasteiger partial charge on any atom is 0.241 e. The molecule has 4 heterocycles. The Morgan fingerprint density at radius 2 is 0.969 bits per heavy atom. The number of amides is 4. The largest absolute Gasteiger partial charge is 0.354 e. The fourth-order valence-corrected chi connectivity index (χ4v) is 9.84. The normalized spacial score (nSPS) is 23.4. The molecule has 4 atom stereocenters. The molecule has 64 heavy (non-hydrogen) atoms. The van der Waals surface area contributed by atoms with Gasteiger partial charge in [0.2, 0.25) is 23.6 Å². The van der Waals surface area contributed by atoms with Gasteiger partial charge in [-0.1, -0.05) is 48.5 Å². The molecule has 2 fully saturated rings. The van der Waals surface area contributed by atoms with Crippen LogP contribution < -0.4 is 31.1 Å². The van der Waals surface area contributed by atoms with Crippen molar-refractivity contribution in [3.8, 4) is 0 Å². The average molecular weight is 875 g/mol. The number of carbonyl (C=O) groups excluding carboxylic acids is 4. The van der Waals surface area contributed by atoms with E-state index in [0.29, 0.717) is 24.2 Å². The molecule has 0 spiro atoms. The Bertz CT molecular complexity index is 2220. The van der Waals surface area contributed by atoms with Crippen LogP contribution in [0.25, 0.3) is 0 Å². The van der Waals surface area contributed by atoms with Crippen molar-refractivity contribution in [3.05, 3.63) is 130 Å². The predicted octanol–water partition coefficient (Wildman–Crippen LogP) is 3.88. The van der Waals surface area contributed by atoms with Crippen molar-refractivity contribution in [2.75, 3.05) is 88.3 Å². The van der Waals surface area contributed by atoms with E-state index in [1.807, 2.05) is 50.2 Å². The van der Waals surface area contributed by atoms with Crippen molar-refractivity contribution in [3.63, 3.8) is 0 Å². The summed E-state index contributed by atoms with van der Waals surface area (Å²) in [5.74, 6) is -1.29. The van der Waals surface area contributed by atoms with E-state index in [-0.39, 0.29) is 86.6 Å². The Morgan fingerprint density at radius 1 is 0.594 bits per heavy atom. The van der Waals surface area contributed by atoms with E-state index in [4.69, 9.17) is 0 Å². The molecule has 0 aromatic heterocycles. The quantitative estimate of drug-likeness (QED) is 0.149. The van der Waals surface area contributed by atoms with Gasteiger partial charge in [-0.05, 0) is 110 Å². The fraction of sp³-hybridized carbons (Fsp3) is 0.440. The summed E-state index contributed by atoms with van der Waals surface area (Å²) >= 11 is 0. The minimum atomic E-state index is -1.06. The van der Waals surface area contributed by atoms with Crippen molar-refractivity contribution in [1.82, 2.24) is 31.1 Å². The number of rotatable bonds is 13. The topological polar surface area (TPSA) is 129 Å². The van der Waals surface area contributed by atoms with Crippen LogP contribution in [0.15, 0.2) is 84.9 Å². The first-order valence-corrected chi connectivity index (χ1v) is 22.5. The minimum absolute atomic E-state index is 0.0826. The zero-order valence-corrected chi connectivity index (χ0v) is 37.3. The number of halogens is 2. The summed E-state index contributed by atoms with van der Waals surface area (Å²) in [6.45, 7) is 13.6. The van der Waals surface area contributed by atoms with E-state index >= 15 is 0 Å². The van der Waals surface area contributed by atoms with Crippen LogP contribution in [0.2, 0.25) is 0 Å². The van der Waals surface area contributed by atoms with Gasteiger partial charge in [-0.2, -0.15) is 0 Å². The van der Waals surface area contributed by atoms with Crippen molar-refractivity contribution in [2.45, 2.75) is 63.5 Å². The lowest BCUT2D eigenvalue weighted by atomic mass is 9.82. The molecule has 4 unspecified atom stereocenters. The molecular formula is C50H60F2N8O4. The maximum absolute atomic E-state index is 14.3. The third-order valence-electron chi connectivity index (χ3n) is 13.4. The number of piperazine rings is 2. The van der Waals surface area contributed by atoms with Gasteiger partial charge < -0.3 is 31.1 Å². The summed E-state index contributed by atoms with van der Waals surface area (Å²) in [5, 5.41) is 13.0. The van der Waals surface area contributed by atoms with Gasteiger partial charge in [0.1, 0.15) is 11.6 Å². The summed E-state index contributed by atoms with van der Waals surface area (Å²) in [5.41, 5.74) is 4.49. The molecule has 4 aromatic carbocycles. The second-order valence-corrected chi connectivity index (χ2v) is 18.6. The second-order valence-electron chi connectivity index (χ2n) is 18.6. The molecule has 4 aliphatic heterocycles. The van der Waals surface area contributed by atoms with Crippen LogP contribution in [0.5, 0.6) is 0 Å². The Hall–Kier alpha value is -5.54. The lowest BCUT2D eigenvalue weighted by Gasteiger charge is -2.33. The number of fused-ring (bicyclic) bond motifs is 2. The van der Waals surface area contributed by atoms with Crippen LogP contribution in [-0.4, -0.2) is 124 Å². The monoisotopic (exact) mass is 874 g/mol. The Balaban J connectivity index is 0.955. The molecule has 4 aliphatic rings. The zero-order chi connectivity index (χ0) is 45.2. The Morgan fingerprint density at radius 3 is 1.34 bits per heavy atom. The van der Waals surface area contributed by atoms with E-state index in [2.05, 4.69) is 44.9 Å². The molecule has 0 aliphatic carbocycles. The van der Waals surface area contributed by atoms with Gasteiger partial charge >= 0.3 is 0 Å². The maximum atomic E-state index is 14.3. The van der Waals surface area contributed by atoms with Gasteiger partial charge in [-0.3, -0.25) is 29.0 Å². The highest BCUT2D eigenvalue weighted by Gasteiger charge is 2.48. The highest BCUT2D eigenvalue weighted by Crippen LogP contribution is 2.43. The molecule has 12 nitrogen and oxygen atoms in total. The molecule has 4 aromatic rings. The van der Waals surface area contributed by atoms with Gasteiger partial charge in [0.25, 0.3) is 0 Å². The van der Waals surface area contributed by atoms with Crippen molar-refractivity contribution in [1.29, 1.82) is 0 Å². The highest BCUT2D eigenvalue weighted by molar-refractivity contribution is 6.04. The molecule has 0 saturated carbocycles. The van der Waals surface area contributed by atoms with Crippen LogP contribution in [0.3, 0.4) is 0 Å². The number of nitrogens with one attached hydrogen (secondary N) is 4. The lowest BCUT2D eigenvalue weighted by Crippen LogP contribution is -2.54. The van der Waals surface area contributed by atoms with Gasteiger partial charge in [0.05, 0.1) is 23.9 Å². The number of hydrogen-bond donors (Lipinski definition) is 4. The predicted molar refractivity (Wildman–Crippen MR) is 245 cm³/mol. The van der Waals surface area contributed by atoms with E-state index in [1.165, 1.54) is 24.3 Å². The third kappa shape index (κ3) is 9.75. The molecule has 4 amide bonds. The Labute approximate surface area is 374 Å². The second kappa shape index (κ2) is 18.9. The molecule has 0 radical (unpaired) electrons. The van der Waals surface area contributed by atoms with Crippen LogP contribution in [0, 0.1) is 11.6 Å². The third-order valence-corrected chi connectivity index (χ3v) is 13.4. The lowest BCUT2D eigenvalue weighted by molar-refractivity contribution is -0.128. The van der Waals surface area contributed by atoms with Crippen LogP contribution in [0.4, 0.5) is 20.2 Å². The summed E-state index contributed by atoms with van der Waals surface area (Å²) < 4.78 is 27.3. The van der Waals surface area contributed by atoms with Gasteiger partial charge in [-0.15, -0.1) is 0 Å². The molecule has 8 rings (SSSR count). The molecular weight excluding hydrogens is 815 g/mol. The average Bonchev–Trinajstić information content (AvgIpc) is 3.75. The molecule has 338 valence electrons. The van der Waals surface area contributed by atoms with E-state index in [0.717, 1.165) is 72.6 Å². The SMILES string of the molecule is CC1CN(CC(=O)N2CC(C)(C(=O)NCCNC(=O)C3(C)CN(C(=O)CN4CCNC(C)C4)c4cc(Cc5ccc(F)cc5)ccc43)c3ccc(Cc4ccc(F)cc4)cc32)CCN1. The molecule has 2 saturated heterocycles. The number of carbonyl (C=O) groups is 4. The number of nitrogens with zero attached hydrogens (tertiary/aromatic N) is 4. The molecule has 0 bridgehead atoms. The standard InChI is InChI=1S/C50H60F2N8O4/c1-33-27-57(21-19-53-33)29-45(61)59-31-49(3,41-15-9-37(25-43(41)59)23-35-5-11-39(51)12-6-35)47(63)55-17-18-56-48(64)50(4)32-60(46(62)30-58-22-20-54-34(2)28-58)44-26-38(10-16-42(44)50)24-36-7-13-40(52)14-8-36/h5-16,25-26,33-34,53-54H,17-24,27-32H2,1-4H3,(H,55,63)(H,56,64). The van der Waals surface area contributed by atoms with Gasteiger partial charge in [0.15, 0.2) is 0 Å². The van der Waals surface area contributed by atoms with Crippen LogP contribution in [0.1, 0.15) is 61.1 Å². The number of benzene rings is 4. The fourth-order valence-electron chi connectivity index (χ4n) is 9.84. The smallest absolute Gasteiger partial charge is 0.241 e. The van der Waals surface area contributed by atoms with Crippen molar-refractivity contribution >= 4 is 35.0 Å². The van der Waals surface area contributed by atoms with Gasteiger partial charge in [0, 0.05) is 88.9 Å². The molecule has 14 heteroatoms. The number of hydrogen-bond acceptors (Lipinski definition) is 8. The van der Waals surface area contributed by atoms with E-state index < -0.39 is 10.8 Å². The first-order chi connectivity index (χ1) is 30.7. The highest BCUT2D eigenvalue weighted by atomic mass is 19.1. The van der Waals surface area contributed by atoms with E-state index in [9.17, 15) is 28.0 Å². The summed E-state index contributed by atoms with van der Waals surface area (Å²) in [6, 6.07) is 25.0. The van der Waals surface area contributed by atoms with Gasteiger partial charge in [-0.25, -0.2) is 8.78 Å². The van der Waals surface area contributed by atoms with Crippen molar-refractivity contribution < 1.29 is 28.0 Å². The zero-order valence-electron chi connectivity index (χ0n) is 37.3. The summed E-state index contributed by atoms with van der Waals surface area (Å²) in [6.07, 6.45) is 1.07. The van der Waals surface area contributed by atoms with Crippen molar-refractivity contribution in [2.24, 2.45) is 0 Å². The van der Waals surface area contributed by atoms with Crippen LogP contribution >= 0.6 is 0 Å². The van der Waals surface area contributed by atoms with Crippen LogP contribution in [-0.2, 0) is 42.8 Å². The molecule has 4 N–H and O–H groups in total. The van der Waals surface area contributed by atoms with E-state index in [1.54, 1.807) is 34.1 Å². The first kappa shape index (κ1) is 45.0. The minimum Gasteiger partial charge on any atom is -0.354 e. The first-order valence-electron chi connectivity index (χ1n) is 22.5. The summed E-state index contributed by atoms with van der Waals surface area (Å²) in [7, 11) is 0. The summed E-state index contributed by atoms with van der Waals surface area (Å²) in [4.78, 5) is 64.4. The number of anilines is 2.